The summed E-state index contributed by atoms with van der Waals surface area (Å²) in [7, 11) is -3.41. The number of amides is 1. The van der Waals surface area contributed by atoms with Gasteiger partial charge in [-0.05, 0) is 38.6 Å². The first-order valence-corrected chi connectivity index (χ1v) is 8.19. The maximum atomic E-state index is 12.3. The summed E-state index contributed by atoms with van der Waals surface area (Å²) in [4.78, 5) is 14.0. The average molecular weight is 276 g/mol. The van der Waals surface area contributed by atoms with Gasteiger partial charge in [-0.2, -0.15) is 0 Å². The van der Waals surface area contributed by atoms with Crippen LogP contribution in [-0.4, -0.2) is 49.9 Å². The third-order valence-electron chi connectivity index (χ3n) is 4.15. The molecule has 1 aliphatic rings. The molecule has 106 valence electrons. The molecule has 6 heteroatoms. The van der Waals surface area contributed by atoms with E-state index in [0.29, 0.717) is 25.6 Å². The van der Waals surface area contributed by atoms with Gasteiger partial charge in [0.05, 0.1) is 0 Å². The number of nitrogens with two attached hydrogens (primary N) is 1. The van der Waals surface area contributed by atoms with Crippen molar-refractivity contribution in [2.24, 2.45) is 17.6 Å². The quantitative estimate of drug-likeness (QED) is 0.801. The van der Waals surface area contributed by atoms with Crippen LogP contribution in [0, 0.1) is 11.8 Å². The lowest BCUT2D eigenvalue weighted by molar-refractivity contribution is -0.135. The Hall–Kier alpha value is -0.620. The van der Waals surface area contributed by atoms with Gasteiger partial charge in [-0.25, -0.2) is 8.42 Å². The van der Waals surface area contributed by atoms with Gasteiger partial charge in [0.1, 0.15) is 4.75 Å². The molecule has 5 nitrogen and oxygen atoms in total. The molecule has 0 aliphatic carbocycles. The highest BCUT2D eigenvalue weighted by Gasteiger charge is 2.42. The van der Waals surface area contributed by atoms with Crippen LogP contribution in [0.4, 0.5) is 0 Å². The third-order valence-corrected chi connectivity index (χ3v) is 6.17. The van der Waals surface area contributed by atoms with Crippen LogP contribution in [0.3, 0.4) is 0 Å². The number of nitrogens with zero attached hydrogens (tertiary/aromatic N) is 1. The van der Waals surface area contributed by atoms with E-state index in [9.17, 15) is 13.2 Å². The van der Waals surface area contributed by atoms with Gasteiger partial charge in [0.15, 0.2) is 9.84 Å². The summed E-state index contributed by atoms with van der Waals surface area (Å²) >= 11 is 0. The first-order chi connectivity index (χ1) is 8.11. The molecule has 18 heavy (non-hydrogen) atoms. The summed E-state index contributed by atoms with van der Waals surface area (Å²) in [6.07, 6.45) is 1.99. The largest absolute Gasteiger partial charge is 0.341 e. The maximum absolute atomic E-state index is 12.3. The number of carbonyl (C=O) groups is 1. The third kappa shape index (κ3) is 2.85. The number of sulfone groups is 1. The van der Waals surface area contributed by atoms with E-state index in [1.54, 1.807) is 4.90 Å². The summed E-state index contributed by atoms with van der Waals surface area (Å²) in [5.74, 6) is 0.439. The van der Waals surface area contributed by atoms with Gasteiger partial charge in [0, 0.05) is 19.3 Å². The zero-order valence-corrected chi connectivity index (χ0v) is 12.5. The molecular formula is C12H24N2O3S. The molecule has 0 aromatic carbocycles. The molecule has 1 fully saturated rings. The first kappa shape index (κ1) is 15.4. The Morgan fingerprint density at radius 3 is 2.44 bits per heavy atom. The van der Waals surface area contributed by atoms with Crippen molar-refractivity contribution in [3.8, 4) is 0 Å². The average Bonchev–Trinajstić information content (AvgIpc) is 2.27. The van der Waals surface area contributed by atoms with Crippen LogP contribution in [-0.2, 0) is 14.6 Å². The normalized spacial score (nSPS) is 26.2. The predicted octanol–water partition coefficient (Wildman–Crippen LogP) is 0.253. The zero-order valence-electron chi connectivity index (χ0n) is 11.6. The van der Waals surface area contributed by atoms with E-state index >= 15 is 0 Å². The number of carbonyl (C=O) groups excluding carboxylic acids is 1. The van der Waals surface area contributed by atoms with Crippen LogP contribution >= 0.6 is 0 Å². The molecule has 1 amide bonds. The standard InChI is InChI=1S/C12H24N2O3S/c1-9-5-6-14(8-10(9)7-13)11(15)12(2,3)18(4,16)17/h9-10H,5-8,13H2,1-4H3. The molecular weight excluding hydrogens is 252 g/mol. The highest BCUT2D eigenvalue weighted by Crippen LogP contribution is 2.26. The van der Waals surface area contributed by atoms with Crippen molar-refractivity contribution in [2.45, 2.75) is 31.9 Å². The lowest BCUT2D eigenvalue weighted by Crippen LogP contribution is -2.54. The minimum absolute atomic E-state index is 0.262. The molecule has 2 unspecified atom stereocenters. The van der Waals surface area contributed by atoms with Gasteiger partial charge in [-0.3, -0.25) is 4.79 Å². The Kier molecular flexibility index (Phi) is 4.43. The van der Waals surface area contributed by atoms with Crippen LogP contribution in [0.25, 0.3) is 0 Å². The monoisotopic (exact) mass is 276 g/mol. The van der Waals surface area contributed by atoms with Crippen LogP contribution in [0.2, 0.25) is 0 Å². The summed E-state index contributed by atoms with van der Waals surface area (Å²) in [5, 5.41) is 0. The van der Waals surface area contributed by atoms with E-state index in [0.717, 1.165) is 12.7 Å². The van der Waals surface area contributed by atoms with Crippen molar-refractivity contribution in [1.29, 1.82) is 0 Å². The fourth-order valence-electron chi connectivity index (χ4n) is 2.18. The van der Waals surface area contributed by atoms with Gasteiger partial charge >= 0.3 is 0 Å². The summed E-state index contributed by atoms with van der Waals surface area (Å²) < 4.78 is 22.0. The Balaban J connectivity index is 2.86. The second-order valence-electron chi connectivity index (χ2n) is 5.80. The van der Waals surface area contributed by atoms with Gasteiger partial charge < -0.3 is 10.6 Å². The molecule has 0 spiro atoms. The van der Waals surface area contributed by atoms with E-state index in [-0.39, 0.29) is 11.8 Å². The van der Waals surface area contributed by atoms with E-state index in [2.05, 4.69) is 6.92 Å². The molecule has 0 bridgehead atoms. The number of likely N-dealkylation sites (tertiary alicyclic amines) is 1. The van der Waals surface area contributed by atoms with Crippen LogP contribution in [0.1, 0.15) is 27.2 Å². The molecule has 1 rings (SSSR count). The fraction of sp³-hybridized carbons (Fsp3) is 0.917. The number of piperidine rings is 1. The SMILES string of the molecule is CC1CCN(C(=O)C(C)(C)S(C)(=O)=O)CC1CN. The molecule has 0 saturated carbocycles. The molecule has 1 aliphatic heterocycles. The smallest absolute Gasteiger partial charge is 0.243 e. The predicted molar refractivity (Wildman–Crippen MR) is 71.8 cm³/mol. The van der Waals surface area contributed by atoms with Gasteiger partial charge in [-0.15, -0.1) is 0 Å². The van der Waals surface area contributed by atoms with Crippen LogP contribution in [0.5, 0.6) is 0 Å². The van der Waals surface area contributed by atoms with Gasteiger partial charge in [0.25, 0.3) is 0 Å². The van der Waals surface area contributed by atoms with Crippen molar-refractivity contribution in [1.82, 2.24) is 4.90 Å². The van der Waals surface area contributed by atoms with E-state index < -0.39 is 14.6 Å². The topological polar surface area (TPSA) is 80.5 Å². The Bertz CT molecular complexity index is 417. The first-order valence-electron chi connectivity index (χ1n) is 6.30. The fourth-order valence-corrected chi connectivity index (χ4v) is 2.63. The van der Waals surface area contributed by atoms with Crippen molar-refractivity contribution in [3.63, 3.8) is 0 Å². The lowest BCUT2D eigenvalue weighted by atomic mass is 9.86. The van der Waals surface area contributed by atoms with E-state index in [1.165, 1.54) is 13.8 Å². The van der Waals surface area contributed by atoms with E-state index in [4.69, 9.17) is 5.73 Å². The summed E-state index contributed by atoms with van der Waals surface area (Å²) in [6.45, 7) is 6.79. The van der Waals surface area contributed by atoms with Crippen molar-refractivity contribution < 1.29 is 13.2 Å². The van der Waals surface area contributed by atoms with Crippen molar-refractivity contribution in [2.75, 3.05) is 25.9 Å². The molecule has 0 radical (unpaired) electrons. The number of rotatable bonds is 3. The molecule has 2 N–H and O–H groups in total. The highest BCUT2D eigenvalue weighted by molar-refractivity contribution is 7.92. The highest BCUT2D eigenvalue weighted by atomic mass is 32.2. The Morgan fingerprint density at radius 1 is 1.44 bits per heavy atom. The molecule has 0 aromatic heterocycles. The molecule has 0 aromatic rings. The van der Waals surface area contributed by atoms with Crippen molar-refractivity contribution in [3.05, 3.63) is 0 Å². The van der Waals surface area contributed by atoms with Gasteiger partial charge in [0.2, 0.25) is 5.91 Å². The molecule has 1 heterocycles. The Morgan fingerprint density at radius 2 is 2.00 bits per heavy atom. The Labute approximate surface area is 110 Å². The zero-order chi connectivity index (χ0) is 14.1. The maximum Gasteiger partial charge on any atom is 0.243 e. The number of hydrogen-bond acceptors (Lipinski definition) is 4. The van der Waals surface area contributed by atoms with E-state index in [1.807, 2.05) is 0 Å². The minimum atomic E-state index is -3.41. The van der Waals surface area contributed by atoms with Crippen LogP contribution in [0.15, 0.2) is 0 Å². The number of hydrogen-bond donors (Lipinski definition) is 1. The molecule has 2 atom stereocenters. The minimum Gasteiger partial charge on any atom is -0.341 e. The second-order valence-corrected chi connectivity index (χ2v) is 8.36. The van der Waals surface area contributed by atoms with Crippen LogP contribution < -0.4 is 5.73 Å². The summed E-state index contributed by atoms with van der Waals surface area (Å²) in [5.41, 5.74) is 5.69. The molecule has 1 saturated heterocycles. The summed E-state index contributed by atoms with van der Waals surface area (Å²) in [6, 6.07) is 0. The second kappa shape index (κ2) is 5.17. The van der Waals surface area contributed by atoms with Crippen molar-refractivity contribution >= 4 is 15.7 Å². The lowest BCUT2D eigenvalue weighted by Gasteiger charge is -2.39. The van der Waals surface area contributed by atoms with Gasteiger partial charge in [-0.1, -0.05) is 6.92 Å².